The molecule has 0 spiro atoms. The van der Waals surface area contributed by atoms with Crippen LogP contribution in [0.2, 0.25) is 15.1 Å². The molecule has 0 aromatic heterocycles. The van der Waals surface area contributed by atoms with Gasteiger partial charge in [0.1, 0.15) is 10.7 Å². The van der Waals surface area contributed by atoms with Crippen LogP contribution in [0.25, 0.3) is 0 Å². The van der Waals surface area contributed by atoms with Gasteiger partial charge < -0.3 is 0 Å². The molecule has 0 heterocycles. The Kier molecular flexibility index (Phi) is 5.11. The second kappa shape index (κ2) is 6.50. The summed E-state index contributed by atoms with van der Waals surface area (Å²) in [6.45, 7) is -0.000806. The Balaban J connectivity index is 2.22. The first-order valence-corrected chi connectivity index (χ1v) is 8.30. The molecule has 0 radical (unpaired) electrons. The first-order chi connectivity index (χ1) is 9.79. The van der Waals surface area contributed by atoms with Gasteiger partial charge in [-0.15, -0.1) is 0 Å². The topological polar surface area (TPSA) is 46.2 Å². The Morgan fingerprint density at radius 3 is 2.14 bits per heavy atom. The highest BCUT2D eigenvalue weighted by Gasteiger charge is 2.19. The molecule has 2 aromatic rings. The third-order valence-electron chi connectivity index (χ3n) is 2.64. The van der Waals surface area contributed by atoms with E-state index in [-0.39, 0.29) is 26.5 Å². The van der Waals surface area contributed by atoms with Crippen molar-refractivity contribution in [3.63, 3.8) is 0 Å². The predicted molar refractivity (Wildman–Crippen MR) is 81.9 cm³/mol. The zero-order valence-electron chi connectivity index (χ0n) is 10.4. The maximum absolute atomic E-state index is 12.8. The highest BCUT2D eigenvalue weighted by atomic mass is 35.5. The molecule has 0 saturated heterocycles. The lowest BCUT2D eigenvalue weighted by Crippen LogP contribution is -2.23. The van der Waals surface area contributed by atoms with Crippen LogP contribution in [-0.4, -0.2) is 8.42 Å². The number of rotatable bonds is 4. The molecule has 0 aliphatic rings. The van der Waals surface area contributed by atoms with Gasteiger partial charge in [-0.3, -0.25) is 0 Å². The molecule has 0 aliphatic carbocycles. The van der Waals surface area contributed by atoms with Gasteiger partial charge in [0, 0.05) is 6.54 Å². The Morgan fingerprint density at radius 1 is 0.952 bits per heavy atom. The van der Waals surface area contributed by atoms with Crippen molar-refractivity contribution in [2.75, 3.05) is 0 Å². The van der Waals surface area contributed by atoms with Gasteiger partial charge in [0.25, 0.3) is 0 Å². The zero-order chi connectivity index (χ0) is 15.6. The Bertz CT molecular complexity index is 764. The van der Waals surface area contributed by atoms with Gasteiger partial charge in [0.2, 0.25) is 10.0 Å². The van der Waals surface area contributed by atoms with Gasteiger partial charge in [-0.05, 0) is 29.8 Å². The monoisotopic (exact) mass is 367 g/mol. The minimum Gasteiger partial charge on any atom is -0.207 e. The van der Waals surface area contributed by atoms with Gasteiger partial charge in [-0.2, -0.15) is 0 Å². The van der Waals surface area contributed by atoms with Crippen molar-refractivity contribution in [2.24, 2.45) is 0 Å². The molecule has 112 valence electrons. The molecule has 0 bridgehead atoms. The Hall–Kier alpha value is -0.850. The summed E-state index contributed by atoms with van der Waals surface area (Å²) in [6.07, 6.45) is 0. The van der Waals surface area contributed by atoms with E-state index in [0.29, 0.717) is 5.56 Å². The number of hydrogen-bond donors (Lipinski definition) is 1. The van der Waals surface area contributed by atoms with Crippen molar-refractivity contribution in [1.82, 2.24) is 4.72 Å². The number of hydrogen-bond acceptors (Lipinski definition) is 2. The Morgan fingerprint density at radius 2 is 1.52 bits per heavy atom. The van der Waals surface area contributed by atoms with E-state index >= 15 is 0 Å². The van der Waals surface area contributed by atoms with Crippen LogP contribution in [0.5, 0.6) is 0 Å². The third kappa shape index (κ3) is 4.08. The van der Waals surface area contributed by atoms with Crippen LogP contribution in [0.1, 0.15) is 5.56 Å². The van der Waals surface area contributed by atoms with E-state index in [1.807, 2.05) is 0 Å². The molecule has 0 amide bonds. The molecule has 0 atom stereocenters. The summed E-state index contributed by atoms with van der Waals surface area (Å²) in [5.41, 5.74) is 0.608. The highest BCUT2D eigenvalue weighted by Crippen LogP contribution is 2.31. The minimum absolute atomic E-state index is 0.000806. The minimum atomic E-state index is -3.86. The fourth-order valence-corrected chi connectivity index (χ4v) is 3.59. The zero-order valence-corrected chi connectivity index (χ0v) is 13.5. The standard InChI is InChI=1S/C13H9Cl3FNO2S/c14-10-5-12(16)13(6-11(10)15)21(19,20)18-7-8-1-3-9(17)4-2-8/h1-6,18H,7H2. The largest absolute Gasteiger partial charge is 0.242 e. The molecule has 0 fully saturated rings. The fraction of sp³-hybridized carbons (Fsp3) is 0.0769. The quantitative estimate of drug-likeness (QED) is 0.819. The van der Waals surface area contributed by atoms with E-state index in [2.05, 4.69) is 4.72 Å². The molecule has 2 rings (SSSR count). The summed E-state index contributed by atoms with van der Waals surface area (Å²) in [5, 5.41) is 0.221. The van der Waals surface area contributed by atoms with Crippen LogP contribution in [0, 0.1) is 5.82 Å². The van der Waals surface area contributed by atoms with E-state index in [1.165, 1.54) is 36.4 Å². The SMILES string of the molecule is O=S(=O)(NCc1ccc(F)cc1)c1cc(Cl)c(Cl)cc1Cl. The molecule has 0 unspecified atom stereocenters. The van der Waals surface area contributed by atoms with E-state index in [9.17, 15) is 12.8 Å². The summed E-state index contributed by atoms with van der Waals surface area (Å²) in [6, 6.07) is 7.89. The van der Waals surface area contributed by atoms with Gasteiger partial charge in [-0.25, -0.2) is 17.5 Å². The summed E-state index contributed by atoms with van der Waals surface area (Å²) in [7, 11) is -3.86. The first kappa shape index (κ1) is 16.5. The first-order valence-electron chi connectivity index (χ1n) is 5.68. The Labute approximate surface area is 136 Å². The molecular weight excluding hydrogens is 360 g/mol. The summed E-state index contributed by atoms with van der Waals surface area (Å²) in [5.74, 6) is -0.394. The highest BCUT2D eigenvalue weighted by molar-refractivity contribution is 7.89. The maximum Gasteiger partial charge on any atom is 0.242 e. The maximum atomic E-state index is 12.8. The van der Waals surface area contributed by atoms with Crippen LogP contribution < -0.4 is 4.72 Å². The molecule has 0 saturated carbocycles. The van der Waals surface area contributed by atoms with E-state index in [4.69, 9.17) is 34.8 Å². The average molecular weight is 369 g/mol. The molecule has 21 heavy (non-hydrogen) atoms. The van der Waals surface area contributed by atoms with Crippen molar-refractivity contribution in [3.8, 4) is 0 Å². The third-order valence-corrected chi connectivity index (χ3v) is 5.23. The van der Waals surface area contributed by atoms with E-state index in [0.717, 1.165) is 0 Å². The number of benzene rings is 2. The van der Waals surface area contributed by atoms with Crippen molar-refractivity contribution in [3.05, 3.63) is 62.8 Å². The van der Waals surface area contributed by atoms with Gasteiger partial charge >= 0.3 is 0 Å². The molecular formula is C13H9Cl3FNO2S. The average Bonchev–Trinajstić information content (AvgIpc) is 2.42. The summed E-state index contributed by atoms with van der Waals surface area (Å²) >= 11 is 17.4. The lowest BCUT2D eigenvalue weighted by molar-refractivity contribution is 0.581. The predicted octanol–water partition coefficient (Wildman–Crippen LogP) is 4.26. The van der Waals surface area contributed by atoms with Crippen LogP contribution in [0.15, 0.2) is 41.3 Å². The van der Waals surface area contributed by atoms with Crippen molar-refractivity contribution in [2.45, 2.75) is 11.4 Å². The number of halogens is 4. The van der Waals surface area contributed by atoms with E-state index in [1.54, 1.807) is 0 Å². The summed E-state index contributed by atoms with van der Waals surface area (Å²) in [4.78, 5) is -0.166. The number of nitrogens with one attached hydrogen (secondary N) is 1. The number of sulfonamides is 1. The van der Waals surface area contributed by atoms with Crippen molar-refractivity contribution < 1.29 is 12.8 Å². The second-order valence-corrected chi connectivity index (χ2v) is 7.10. The van der Waals surface area contributed by atoms with Crippen LogP contribution >= 0.6 is 34.8 Å². The lowest BCUT2D eigenvalue weighted by atomic mass is 10.2. The smallest absolute Gasteiger partial charge is 0.207 e. The van der Waals surface area contributed by atoms with Crippen molar-refractivity contribution in [1.29, 1.82) is 0 Å². The van der Waals surface area contributed by atoms with E-state index < -0.39 is 15.8 Å². The molecule has 8 heteroatoms. The molecule has 3 nitrogen and oxygen atoms in total. The lowest BCUT2D eigenvalue weighted by Gasteiger charge is -2.09. The van der Waals surface area contributed by atoms with Gasteiger partial charge in [0.05, 0.1) is 15.1 Å². The van der Waals surface area contributed by atoms with Crippen LogP contribution in [-0.2, 0) is 16.6 Å². The second-order valence-electron chi connectivity index (χ2n) is 4.15. The van der Waals surface area contributed by atoms with Crippen LogP contribution in [0.4, 0.5) is 4.39 Å². The van der Waals surface area contributed by atoms with Gasteiger partial charge in [0.15, 0.2) is 0 Å². The molecule has 2 aromatic carbocycles. The van der Waals surface area contributed by atoms with Crippen molar-refractivity contribution >= 4 is 44.8 Å². The van der Waals surface area contributed by atoms with Gasteiger partial charge in [-0.1, -0.05) is 46.9 Å². The molecule has 0 aliphatic heterocycles. The normalized spacial score (nSPS) is 11.6. The summed E-state index contributed by atoms with van der Waals surface area (Å²) < 4.78 is 39.5. The molecule has 1 N–H and O–H groups in total. The van der Waals surface area contributed by atoms with Crippen LogP contribution in [0.3, 0.4) is 0 Å². The fourth-order valence-electron chi connectivity index (χ4n) is 1.57.